The van der Waals surface area contributed by atoms with Gasteiger partial charge in [-0.25, -0.2) is 9.78 Å². The third kappa shape index (κ3) is 8.16. The topological polar surface area (TPSA) is 99.9 Å². The molecule has 1 heterocycles. The van der Waals surface area contributed by atoms with Crippen molar-refractivity contribution >= 4 is 31.8 Å². The van der Waals surface area contributed by atoms with E-state index in [1.54, 1.807) is 30.5 Å². The molecule has 3 aromatic rings. The summed E-state index contributed by atoms with van der Waals surface area (Å²) in [5.74, 6) is -0.559. The van der Waals surface area contributed by atoms with Crippen molar-refractivity contribution in [2.75, 3.05) is 20.3 Å². The van der Waals surface area contributed by atoms with Gasteiger partial charge in [-0.3, -0.25) is 4.79 Å². The van der Waals surface area contributed by atoms with Gasteiger partial charge in [0.2, 0.25) is 0 Å². The molecular formula is C35H46N2O6SSi. The number of methoxy groups -OCH3 is 1. The minimum atomic E-state index is -2.22. The molecule has 0 spiro atoms. The Morgan fingerprint density at radius 3 is 2.40 bits per heavy atom. The average molecular weight is 651 g/mol. The summed E-state index contributed by atoms with van der Waals surface area (Å²) < 4.78 is 19.5. The van der Waals surface area contributed by atoms with Gasteiger partial charge in [-0.05, 0) is 79.0 Å². The third-order valence-electron chi connectivity index (χ3n) is 9.09. The van der Waals surface area contributed by atoms with Crippen LogP contribution in [0.2, 0.25) is 18.1 Å². The Hall–Kier alpha value is -3.18. The van der Waals surface area contributed by atoms with Crippen LogP contribution in [0.4, 0.5) is 0 Å². The van der Waals surface area contributed by atoms with E-state index in [2.05, 4.69) is 38.8 Å². The average Bonchev–Trinajstić information content (AvgIpc) is 3.54. The summed E-state index contributed by atoms with van der Waals surface area (Å²) in [7, 11) is 1.000. The Balaban J connectivity index is 1.69. The van der Waals surface area contributed by atoms with E-state index in [0.29, 0.717) is 40.8 Å². The molecule has 8 nitrogen and oxygen atoms in total. The number of Topliss-reactive ketones (excluding diaryl/α,β-unsaturated/α-hetero) is 1. The Morgan fingerprint density at radius 2 is 1.80 bits per heavy atom. The van der Waals surface area contributed by atoms with Crippen LogP contribution in [0, 0.1) is 11.3 Å². The standard InChI is InChI=1S/C35H46N2O6SSi/c1-34(2,3)45(6,7)43-24-35(19-11-12-22-42-27-13-9-8-10-14-27)23-28(44-33-36-20-21-37(33)4)31(39)29(35)30(38)25-15-17-26(18-16-25)32(40)41-5/h8-10,13-18,20-21,23,29-30,38H,11-12,19,22,24H2,1-7H3. The zero-order chi connectivity index (χ0) is 32.8. The number of unbranched alkanes of at least 4 members (excludes halogenated alkanes) is 1. The van der Waals surface area contributed by atoms with Crippen LogP contribution in [0.5, 0.6) is 5.75 Å². The molecule has 1 aliphatic carbocycles. The second kappa shape index (κ2) is 14.5. The summed E-state index contributed by atoms with van der Waals surface area (Å²) in [6.07, 6.45) is 6.63. The van der Waals surface area contributed by atoms with Gasteiger partial charge in [0, 0.05) is 31.5 Å². The number of hydrogen-bond donors (Lipinski definition) is 1. The van der Waals surface area contributed by atoms with Crippen molar-refractivity contribution in [3.63, 3.8) is 0 Å². The van der Waals surface area contributed by atoms with Crippen molar-refractivity contribution in [2.45, 2.75) is 69.4 Å². The van der Waals surface area contributed by atoms with E-state index in [0.717, 1.165) is 18.6 Å². The number of esters is 1. The van der Waals surface area contributed by atoms with Crippen LogP contribution in [-0.2, 0) is 21.0 Å². The van der Waals surface area contributed by atoms with Gasteiger partial charge in [0.1, 0.15) is 5.75 Å². The zero-order valence-electron chi connectivity index (χ0n) is 27.4. The van der Waals surface area contributed by atoms with Crippen LogP contribution in [0.1, 0.15) is 62.1 Å². The van der Waals surface area contributed by atoms with Crippen molar-refractivity contribution in [3.05, 3.63) is 89.1 Å². The highest BCUT2D eigenvalue weighted by Gasteiger charge is 2.53. The summed E-state index contributed by atoms with van der Waals surface area (Å²) >= 11 is 1.32. The number of aliphatic hydroxyl groups excluding tert-OH is 1. The molecule has 2 aromatic carbocycles. The first kappa shape index (κ1) is 34.7. The monoisotopic (exact) mass is 650 g/mol. The van der Waals surface area contributed by atoms with Gasteiger partial charge in [-0.15, -0.1) is 0 Å². The van der Waals surface area contributed by atoms with E-state index in [9.17, 15) is 14.7 Å². The maximum Gasteiger partial charge on any atom is 0.337 e. The molecule has 3 unspecified atom stereocenters. The highest BCUT2D eigenvalue weighted by molar-refractivity contribution is 8.03. The number of allylic oxidation sites excluding steroid dienone is 1. The lowest BCUT2D eigenvalue weighted by Gasteiger charge is -2.42. The number of aryl methyl sites for hydroxylation is 1. The lowest BCUT2D eigenvalue weighted by molar-refractivity contribution is -0.126. The summed E-state index contributed by atoms with van der Waals surface area (Å²) in [4.78, 5) is 31.4. The molecule has 10 heteroatoms. The largest absolute Gasteiger partial charge is 0.494 e. The maximum absolute atomic E-state index is 14.4. The van der Waals surface area contributed by atoms with Crippen molar-refractivity contribution in [1.29, 1.82) is 0 Å². The van der Waals surface area contributed by atoms with Crippen LogP contribution in [0.3, 0.4) is 0 Å². The number of aromatic nitrogens is 2. The molecule has 0 fully saturated rings. The first-order chi connectivity index (χ1) is 21.3. The fourth-order valence-electron chi connectivity index (χ4n) is 5.27. The molecule has 0 saturated heterocycles. The highest BCUT2D eigenvalue weighted by atomic mass is 32.2. The molecule has 1 aromatic heterocycles. The van der Waals surface area contributed by atoms with E-state index in [-0.39, 0.29) is 10.8 Å². The number of para-hydroxylation sites is 1. The minimum Gasteiger partial charge on any atom is -0.494 e. The molecular weight excluding hydrogens is 605 g/mol. The van der Waals surface area contributed by atoms with Gasteiger partial charge in [-0.1, -0.05) is 57.2 Å². The van der Waals surface area contributed by atoms with Crippen LogP contribution >= 0.6 is 11.8 Å². The first-order valence-corrected chi connectivity index (χ1v) is 19.1. The molecule has 242 valence electrons. The van der Waals surface area contributed by atoms with Crippen molar-refractivity contribution in [2.24, 2.45) is 18.4 Å². The van der Waals surface area contributed by atoms with Crippen molar-refractivity contribution in [1.82, 2.24) is 9.55 Å². The van der Waals surface area contributed by atoms with E-state index >= 15 is 0 Å². The Bertz CT molecular complexity index is 1480. The lowest BCUT2D eigenvalue weighted by atomic mass is 9.70. The fraction of sp³-hybridized carbons (Fsp3) is 0.457. The number of aliphatic hydroxyl groups is 1. The van der Waals surface area contributed by atoms with Crippen molar-refractivity contribution < 1.29 is 28.6 Å². The predicted octanol–water partition coefficient (Wildman–Crippen LogP) is 7.37. The number of hydrogen-bond acceptors (Lipinski definition) is 8. The number of ketones is 1. The summed E-state index contributed by atoms with van der Waals surface area (Å²) in [6, 6.07) is 16.4. The SMILES string of the molecule is COC(=O)c1ccc(C(O)C2C(=O)C(Sc3nccn3C)=CC2(CCCCOc2ccccc2)CO[Si](C)(C)C(C)(C)C)cc1. The quantitative estimate of drug-likeness (QED) is 0.110. The summed E-state index contributed by atoms with van der Waals surface area (Å²) in [5.41, 5.74) is 0.163. The Morgan fingerprint density at radius 1 is 1.11 bits per heavy atom. The number of carbonyl (C=O) groups is 2. The number of rotatable bonds is 14. The number of thioether (sulfide) groups is 1. The molecule has 0 bridgehead atoms. The van der Waals surface area contributed by atoms with E-state index in [4.69, 9.17) is 13.9 Å². The van der Waals surface area contributed by atoms with Crippen LogP contribution in [-0.4, -0.2) is 55.1 Å². The third-order valence-corrected chi connectivity index (χ3v) is 14.7. The number of benzene rings is 2. The number of imidazole rings is 1. The Kier molecular flexibility index (Phi) is 11.2. The van der Waals surface area contributed by atoms with Gasteiger partial charge < -0.3 is 23.6 Å². The summed E-state index contributed by atoms with van der Waals surface area (Å²) in [5, 5.41) is 12.6. The van der Waals surface area contributed by atoms with Gasteiger partial charge in [0.15, 0.2) is 19.3 Å². The molecule has 45 heavy (non-hydrogen) atoms. The second-order valence-corrected chi connectivity index (χ2v) is 19.1. The number of nitrogens with zero attached hydrogens (tertiary/aromatic N) is 2. The van der Waals surface area contributed by atoms with E-state index in [1.807, 2.05) is 54.2 Å². The Labute approximate surface area is 272 Å². The number of carbonyl (C=O) groups excluding carboxylic acids is 2. The fourth-order valence-corrected chi connectivity index (χ4v) is 7.37. The molecule has 0 saturated carbocycles. The molecule has 0 amide bonds. The van der Waals surface area contributed by atoms with Crippen molar-refractivity contribution in [3.8, 4) is 5.75 Å². The lowest BCUT2D eigenvalue weighted by Crippen LogP contribution is -2.46. The van der Waals surface area contributed by atoms with Crippen LogP contribution in [0.15, 0.2) is 83.1 Å². The first-order valence-electron chi connectivity index (χ1n) is 15.4. The van der Waals surface area contributed by atoms with Gasteiger partial charge >= 0.3 is 5.97 Å². The van der Waals surface area contributed by atoms with Gasteiger partial charge in [0.25, 0.3) is 0 Å². The molecule has 1 aliphatic rings. The molecule has 1 N–H and O–H groups in total. The van der Waals surface area contributed by atoms with Crippen LogP contribution < -0.4 is 4.74 Å². The normalized spacial score (nSPS) is 19.3. The molecule has 3 atom stereocenters. The highest BCUT2D eigenvalue weighted by Crippen LogP contribution is 2.53. The molecule has 0 radical (unpaired) electrons. The summed E-state index contributed by atoms with van der Waals surface area (Å²) in [6.45, 7) is 11.8. The number of ether oxygens (including phenoxy) is 2. The van der Waals surface area contributed by atoms with E-state index < -0.39 is 31.7 Å². The maximum atomic E-state index is 14.4. The zero-order valence-corrected chi connectivity index (χ0v) is 29.2. The van der Waals surface area contributed by atoms with Gasteiger partial charge in [-0.2, -0.15) is 0 Å². The minimum absolute atomic E-state index is 0.0353. The molecule has 4 rings (SSSR count). The van der Waals surface area contributed by atoms with Gasteiger partial charge in [0.05, 0.1) is 36.2 Å². The second-order valence-electron chi connectivity index (χ2n) is 13.2. The smallest absolute Gasteiger partial charge is 0.337 e. The van der Waals surface area contributed by atoms with Crippen LogP contribution in [0.25, 0.3) is 0 Å². The molecule has 0 aliphatic heterocycles. The van der Waals surface area contributed by atoms with E-state index in [1.165, 1.54) is 18.9 Å². The predicted molar refractivity (Wildman–Crippen MR) is 180 cm³/mol.